The van der Waals surface area contributed by atoms with Crippen LogP contribution in [0.2, 0.25) is 0 Å². The maximum atomic E-state index is 14.2. The molecular formula is C28H23N7O2. The van der Waals surface area contributed by atoms with Crippen molar-refractivity contribution in [1.29, 1.82) is 5.26 Å². The van der Waals surface area contributed by atoms with E-state index in [2.05, 4.69) is 21.4 Å². The molecule has 1 atom stereocenters. The Morgan fingerprint density at radius 2 is 1.84 bits per heavy atom. The van der Waals surface area contributed by atoms with Crippen molar-refractivity contribution in [2.24, 2.45) is 0 Å². The first kappa shape index (κ1) is 23.5. The summed E-state index contributed by atoms with van der Waals surface area (Å²) in [6.45, 7) is 1.85. The van der Waals surface area contributed by atoms with E-state index in [1.165, 1.54) is 6.20 Å². The van der Waals surface area contributed by atoms with Crippen molar-refractivity contribution in [3.63, 3.8) is 0 Å². The number of nitrogens with two attached hydrogens (primary N) is 1. The molecule has 37 heavy (non-hydrogen) atoms. The second-order valence-corrected chi connectivity index (χ2v) is 8.35. The molecule has 3 aromatic carbocycles. The van der Waals surface area contributed by atoms with Gasteiger partial charge in [0.2, 0.25) is 5.95 Å². The lowest BCUT2D eigenvalue weighted by Crippen LogP contribution is -2.28. The van der Waals surface area contributed by atoms with Crippen molar-refractivity contribution in [3.05, 3.63) is 101 Å². The molecule has 2 heterocycles. The van der Waals surface area contributed by atoms with Crippen molar-refractivity contribution in [2.45, 2.75) is 13.0 Å². The van der Waals surface area contributed by atoms with Crippen LogP contribution in [0.4, 0.5) is 11.8 Å². The summed E-state index contributed by atoms with van der Waals surface area (Å²) in [7, 11) is 1.61. The van der Waals surface area contributed by atoms with Gasteiger partial charge < -0.3 is 15.8 Å². The minimum absolute atomic E-state index is 0.0311. The zero-order valence-corrected chi connectivity index (χ0v) is 20.2. The molecule has 0 fully saturated rings. The minimum atomic E-state index is -0.515. The summed E-state index contributed by atoms with van der Waals surface area (Å²) in [4.78, 5) is 27.2. The van der Waals surface area contributed by atoms with Crippen LogP contribution in [0.1, 0.15) is 24.4 Å². The third-order valence-corrected chi connectivity index (χ3v) is 5.99. The molecule has 1 unspecified atom stereocenters. The third kappa shape index (κ3) is 4.44. The third-order valence-electron chi connectivity index (χ3n) is 5.99. The molecule has 5 rings (SSSR count). The van der Waals surface area contributed by atoms with Crippen LogP contribution in [-0.4, -0.2) is 26.6 Å². The van der Waals surface area contributed by atoms with E-state index in [9.17, 15) is 10.1 Å². The van der Waals surface area contributed by atoms with E-state index in [0.29, 0.717) is 28.2 Å². The van der Waals surface area contributed by atoms with Gasteiger partial charge in [0.1, 0.15) is 29.0 Å². The monoisotopic (exact) mass is 489 g/mol. The fraction of sp³-hybridized carbons (Fsp3) is 0.107. The Morgan fingerprint density at radius 3 is 2.59 bits per heavy atom. The summed E-state index contributed by atoms with van der Waals surface area (Å²) < 4.78 is 6.98. The number of anilines is 2. The van der Waals surface area contributed by atoms with E-state index >= 15 is 0 Å². The molecule has 0 spiro atoms. The second-order valence-electron chi connectivity index (χ2n) is 8.35. The van der Waals surface area contributed by atoms with Gasteiger partial charge in [-0.15, -0.1) is 0 Å². The van der Waals surface area contributed by atoms with Gasteiger partial charge in [0.15, 0.2) is 0 Å². The molecule has 9 nitrogen and oxygen atoms in total. The Bertz CT molecular complexity index is 1710. The van der Waals surface area contributed by atoms with Crippen molar-refractivity contribution < 1.29 is 4.74 Å². The number of methoxy groups -OCH3 is 1. The molecule has 0 aliphatic carbocycles. The minimum Gasteiger partial charge on any atom is -0.497 e. The number of aromatic nitrogens is 4. The van der Waals surface area contributed by atoms with Gasteiger partial charge in [0.25, 0.3) is 5.56 Å². The van der Waals surface area contributed by atoms with E-state index in [1.54, 1.807) is 11.7 Å². The first-order chi connectivity index (χ1) is 18.0. The lowest BCUT2D eigenvalue weighted by Gasteiger charge is -2.21. The molecule has 0 amide bonds. The van der Waals surface area contributed by atoms with E-state index in [1.807, 2.05) is 79.7 Å². The van der Waals surface area contributed by atoms with Gasteiger partial charge >= 0.3 is 0 Å². The number of nitriles is 1. The molecule has 0 saturated heterocycles. The molecule has 0 aliphatic rings. The molecule has 182 valence electrons. The average molecular weight is 490 g/mol. The first-order valence-corrected chi connectivity index (χ1v) is 11.5. The number of benzene rings is 3. The number of rotatable bonds is 6. The fourth-order valence-electron chi connectivity index (χ4n) is 4.25. The smallest absolute Gasteiger partial charge is 0.266 e. The Hall–Kier alpha value is -5.23. The molecule has 0 aliphatic heterocycles. The molecule has 5 aromatic rings. The maximum Gasteiger partial charge on any atom is 0.266 e. The van der Waals surface area contributed by atoms with Gasteiger partial charge in [0.05, 0.1) is 35.9 Å². The largest absolute Gasteiger partial charge is 0.497 e. The molecule has 3 N–H and O–H groups in total. The van der Waals surface area contributed by atoms with Crippen LogP contribution < -0.4 is 21.3 Å². The molecule has 0 bridgehead atoms. The zero-order chi connectivity index (χ0) is 25.9. The molecular weight excluding hydrogens is 466 g/mol. The van der Waals surface area contributed by atoms with Crippen molar-refractivity contribution in [2.75, 3.05) is 18.2 Å². The van der Waals surface area contributed by atoms with Gasteiger partial charge in [-0.05, 0) is 48.4 Å². The highest BCUT2D eigenvalue weighted by Crippen LogP contribution is 2.30. The maximum absolute atomic E-state index is 14.2. The topological polar surface area (TPSA) is 132 Å². The van der Waals surface area contributed by atoms with E-state index in [-0.39, 0.29) is 22.9 Å². The number of para-hydroxylation sites is 1. The van der Waals surface area contributed by atoms with Gasteiger partial charge in [-0.25, -0.2) is 9.97 Å². The van der Waals surface area contributed by atoms with E-state index in [0.717, 1.165) is 11.1 Å². The molecule has 2 aromatic heterocycles. The van der Waals surface area contributed by atoms with Crippen LogP contribution in [0, 0.1) is 11.3 Å². The zero-order valence-electron chi connectivity index (χ0n) is 20.2. The average Bonchev–Trinajstić information content (AvgIpc) is 2.93. The van der Waals surface area contributed by atoms with Gasteiger partial charge in [-0.1, -0.05) is 42.5 Å². The highest BCUT2D eigenvalue weighted by Gasteiger charge is 2.21. The Labute approximate surface area is 212 Å². The molecule has 0 radical (unpaired) electrons. The number of fused-ring (bicyclic) bond motifs is 1. The summed E-state index contributed by atoms with van der Waals surface area (Å²) >= 11 is 0. The highest BCUT2D eigenvalue weighted by atomic mass is 16.5. The van der Waals surface area contributed by atoms with E-state index < -0.39 is 6.04 Å². The van der Waals surface area contributed by atoms with Crippen LogP contribution in [0.15, 0.2) is 83.8 Å². The van der Waals surface area contributed by atoms with Gasteiger partial charge in [-0.2, -0.15) is 10.2 Å². The number of ether oxygens (including phenoxy) is 1. The summed E-state index contributed by atoms with van der Waals surface area (Å²) in [5.41, 5.74) is 8.57. The highest BCUT2D eigenvalue weighted by molar-refractivity contribution is 5.94. The lowest BCUT2D eigenvalue weighted by atomic mass is 10.0. The summed E-state index contributed by atoms with van der Waals surface area (Å²) in [5, 5.41) is 13.2. The fourth-order valence-corrected chi connectivity index (χ4v) is 4.25. The Morgan fingerprint density at radius 1 is 1.05 bits per heavy atom. The van der Waals surface area contributed by atoms with Crippen molar-refractivity contribution in [3.8, 4) is 28.6 Å². The summed E-state index contributed by atoms with van der Waals surface area (Å²) in [6, 6.07) is 24.0. The van der Waals surface area contributed by atoms with Crippen LogP contribution >= 0.6 is 0 Å². The van der Waals surface area contributed by atoms with Gasteiger partial charge in [-0.3, -0.25) is 9.36 Å². The van der Waals surface area contributed by atoms with Crippen molar-refractivity contribution in [1.82, 2.24) is 19.5 Å². The number of hydrogen-bond acceptors (Lipinski definition) is 8. The van der Waals surface area contributed by atoms with E-state index in [4.69, 9.17) is 15.5 Å². The standard InChI is InChI=1S/C28H23N7O2/c1-17(32-25-19(15-29)16-31-28(30)34-25)26-33-23-13-7-12-22(18-8-6-11-21(14-18)37-2)24(23)27(36)35(26)20-9-4-3-5-10-20/h3-14,16-17H,1-2H3,(H3,30,31,32,34). The molecule has 9 heteroatoms. The van der Waals surface area contributed by atoms with Crippen LogP contribution in [-0.2, 0) is 0 Å². The first-order valence-electron chi connectivity index (χ1n) is 11.5. The van der Waals surface area contributed by atoms with Crippen LogP contribution in [0.3, 0.4) is 0 Å². The van der Waals surface area contributed by atoms with Gasteiger partial charge in [0, 0.05) is 0 Å². The predicted molar refractivity (Wildman–Crippen MR) is 143 cm³/mol. The number of nitrogens with one attached hydrogen (secondary N) is 1. The number of hydrogen-bond donors (Lipinski definition) is 2. The Balaban J connectivity index is 1.74. The number of nitrogens with zero attached hydrogens (tertiary/aromatic N) is 5. The summed E-state index contributed by atoms with van der Waals surface area (Å²) in [5.74, 6) is 1.44. The normalized spacial score (nSPS) is 11.6. The van der Waals surface area contributed by atoms with Crippen LogP contribution in [0.5, 0.6) is 5.75 Å². The quantitative estimate of drug-likeness (QED) is 0.357. The molecule has 0 saturated carbocycles. The number of nitrogen functional groups attached to an aromatic ring is 1. The summed E-state index contributed by atoms with van der Waals surface area (Å²) in [6.07, 6.45) is 1.36. The van der Waals surface area contributed by atoms with Crippen LogP contribution in [0.25, 0.3) is 27.7 Å². The van der Waals surface area contributed by atoms with Crippen molar-refractivity contribution >= 4 is 22.7 Å². The Kier molecular flexibility index (Phi) is 6.22. The SMILES string of the molecule is COc1cccc(-c2cccc3nc(C(C)Nc4nc(N)ncc4C#N)n(-c4ccccc4)c(=O)c23)c1. The lowest BCUT2D eigenvalue weighted by molar-refractivity contribution is 0.415. The predicted octanol–water partition coefficient (Wildman–Crippen LogP) is 4.48. The second kappa shape index (κ2) is 9.79.